The average Bonchev–Trinajstić information content (AvgIpc) is 2.97. The number of carboxylic acids is 1. The summed E-state index contributed by atoms with van der Waals surface area (Å²) < 4.78 is 0.749. The largest absolute Gasteiger partial charge is 0.477 e. The van der Waals surface area contributed by atoms with Gasteiger partial charge in [-0.05, 0) is 6.92 Å². The Morgan fingerprint density at radius 1 is 1.57 bits per heavy atom. The van der Waals surface area contributed by atoms with Gasteiger partial charge in [-0.15, -0.1) is 11.3 Å². The molecule has 2 aliphatic rings. The van der Waals surface area contributed by atoms with Gasteiger partial charge in [-0.25, -0.2) is 9.78 Å². The van der Waals surface area contributed by atoms with Crippen molar-refractivity contribution in [3.8, 4) is 0 Å². The normalized spacial score (nSPS) is 29.4. The number of nitrogens with zero attached hydrogens (tertiary/aromatic N) is 2. The molecule has 0 bridgehead atoms. The fraction of sp³-hybridized carbons (Fsp3) is 0.462. The smallest absolute Gasteiger partial charge is 0.353 e. The van der Waals surface area contributed by atoms with Crippen molar-refractivity contribution in [1.82, 2.24) is 9.88 Å². The first-order valence-electron chi connectivity index (χ1n) is 6.49. The number of aliphatic carboxylic acids is 1. The number of hydrogen-bond donors (Lipinski definition) is 2. The first kappa shape index (κ1) is 14.6. The summed E-state index contributed by atoms with van der Waals surface area (Å²) in [5.74, 6) is -2.07. The van der Waals surface area contributed by atoms with Crippen molar-refractivity contribution < 1.29 is 19.8 Å². The molecular formula is C13H14N2O4S2. The van der Waals surface area contributed by atoms with E-state index in [0.29, 0.717) is 4.91 Å². The molecule has 0 aromatic carbocycles. The molecular weight excluding hydrogens is 312 g/mol. The molecule has 112 valence electrons. The zero-order valence-corrected chi connectivity index (χ0v) is 13.0. The van der Waals surface area contributed by atoms with Gasteiger partial charge in [0, 0.05) is 22.4 Å². The molecule has 2 aliphatic heterocycles. The monoisotopic (exact) mass is 326 g/mol. The van der Waals surface area contributed by atoms with Crippen LogP contribution in [0.3, 0.4) is 0 Å². The van der Waals surface area contributed by atoms with Gasteiger partial charge in [-0.3, -0.25) is 4.79 Å². The van der Waals surface area contributed by atoms with Crippen LogP contribution in [0.4, 0.5) is 0 Å². The van der Waals surface area contributed by atoms with Crippen LogP contribution >= 0.6 is 23.1 Å². The van der Waals surface area contributed by atoms with Crippen molar-refractivity contribution in [2.24, 2.45) is 11.8 Å². The van der Waals surface area contributed by atoms with Gasteiger partial charge < -0.3 is 15.1 Å². The molecule has 1 unspecified atom stereocenters. The van der Waals surface area contributed by atoms with Gasteiger partial charge in [-0.1, -0.05) is 18.7 Å². The maximum Gasteiger partial charge on any atom is 0.353 e. The maximum atomic E-state index is 12.1. The third-order valence-electron chi connectivity index (χ3n) is 3.92. The predicted molar refractivity (Wildman–Crippen MR) is 77.6 cm³/mol. The highest BCUT2D eigenvalue weighted by Crippen LogP contribution is 2.52. The van der Waals surface area contributed by atoms with Crippen LogP contribution in [-0.2, 0) is 9.59 Å². The van der Waals surface area contributed by atoms with Gasteiger partial charge in [0.15, 0.2) is 4.34 Å². The van der Waals surface area contributed by atoms with Gasteiger partial charge in [0.1, 0.15) is 5.70 Å². The number of aliphatic hydroxyl groups excluding tert-OH is 1. The summed E-state index contributed by atoms with van der Waals surface area (Å²) >= 11 is 2.72. The Labute approximate surface area is 129 Å². The Morgan fingerprint density at radius 2 is 2.29 bits per heavy atom. The number of thioether (sulfide) groups is 1. The van der Waals surface area contributed by atoms with Crippen LogP contribution < -0.4 is 0 Å². The summed E-state index contributed by atoms with van der Waals surface area (Å²) in [6.07, 6.45) is 0.882. The average molecular weight is 326 g/mol. The molecule has 0 radical (unpaired) electrons. The minimum atomic E-state index is -1.11. The summed E-state index contributed by atoms with van der Waals surface area (Å²) in [4.78, 5) is 29.8. The fourth-order valence-corrected chi connectivity index (χ4v) is 4.91. The SMILES string of the molecule is CC(O)[C@@H]1C(=O)N2C(C(=O)O)=C(Sc3nccs3)[C@H](C)[C@@H]12. The Morgan fingerprint density at radius 3 is 2.81 bits per heavy atom. The van der Waals surface area contributed by atoms with E-state index in [9.17, 15) is 19.8 Å². The number of aliphatic hydroxyl groups is 1. The maximum absolute atomic E-state index is 12.1. The summed E-state index contributed by atoms with van der Waals surface area (Å²) in [5, 5.41) is 21.0. The number of rotatable bonds is 4. The third-order valence-corrected chi connectivity index (χ3v) is 6.09. The van der Waals surface area contributed by atoms with Crippen LogP contribution in [0.15, 0.2) is 26.5 Å². The number of thiazole rings is 1. The minimum absolute atomic E-state index is 0.0367. The number of β-lactam (4-membered cyclic amide) rings is 1. The van der Waals surface area contributed by atoms with Crippen LogP contribution in [0.2, 0.25) is 0 Å². The number of aromatic nitrogens is 1. The van der Waals surface area contributed by atoms with Crippen LogP contribution in [0, 0.1) is 11.8 Å². The lowest BCUT2D eigenvalue weighted by molar-refractivity contribution is -0.163. The highest BCUT2D eigenvalue weighted by atomic mass is 32.2. The van der Waals surface area contributed by atoms with E-state index in [4.69, 9.17) is 0 Å². The lowest BCUT2D eigenvalue weighted by Gasteiger charge is -2.46. The second-order valence-corrected chi connectivity index (χ2v) is 7.36. The molecule has 3 rings (SSSR count). The Bertz CT molecular complexity index is 626. The molecule has 2 N–H and O–H groups in total. The second kappa shape index (κ2) is 5.11. The summed E-state index contributed by atoms with van der Waals surface area (Å²) in [5.41, 5.74) is 0.0367. The number of carbonyl (C=O) groups is 2. The third kappa shape index (κ3) is 2.09. The van der Waals surface area contributed by atoms with Crippen LogP contribution in [-0.4, -0.2) is 44.1 Å². The quantitative estimate of drug-likeness (QED) is 0.813. The molecule has 6 nitrogen and oxygen atoms in total. The number of carbonyl (C=O) groups excluding carboxylic acids is 1. The first-order chi connectivity index (χ1) is 9.93. The van der Waals surface area contributed by atoms with Crippen molar-refractivity contribution in [3.05, 3.63) is 22.2 Å². The van der Waals surface area contributed by atoms with Crippen molar-refractivity contribution >= 4 is 35.0 Å². The molecule has 1 fully saturated rings. The molecule has 0 aliphatic carbocycles. The van der Waals surface area contributed by atoms with Crippen LogP contribution in [0.25, 0.3) is 0 Å². The van der Waals surface area contributed by atoms with E-state index < -0.39 is 18.0 Å². The summed E-state index contributed by atoms with van der Waals surface area (Å²) in [7, 11) is 0. The van der Waals surface area contributed by atoms with Crippen LogP contribution in [0.5, 0.6) is 0 Å². The number of fused-ring (bicyclic) bond motifs is 1. The van der Waals surface area contributed by atoms with Crippen molar-refractivity contribution in [2.45, 2.75) is 30.3 Å². The second-order valence-electron chi connectivity index (χ2n) is 5.17. The highest BCUT2D eigenvalue weighted by Gasteiger charge is 2.60. The zero-order valence-electron chi connectivity index (χ0n) is 11.4. The predicted octanol–water partition coefficient (Wildman–Crippen LogP) is 1.39. The Hall–Kier alpha value is -1.38. The molecule has 8 heteroatoms. The van der Waals surface area contributed by atoms with Crippen molar-refractivity contribution in [1.29, 1.82) is 0 Å². The van der Waals surface area contributed by atoms with Crippen molar-refractivity contribution in [3.63, 3.8) is 0 Å². The van der Waals surface area contributed by atoms with Crippen molar-refractivity contribution in [2.75, 3.05) is 0 Å². The Balaban J connectivity index is 1.97. The number of amides is 1. The van der Waals surface area contributed by atoms with E-state index in [2.05, 4.69) is 4.98 Å². The van der Waals surface area contributed by atoms with E-state index in [0.717, 1.165) is 4.34 Å². The van der Waals surface area contributed by atoms with E-state index in [1.165, 1.54) is 28.0 Å². The topological polar surface area (TPSA) is 90.7 Å². The van der Waals surface area contributed by atoms with Gasteiger partial charge >= 0.3 is 5.97 Å². The lowest BCUT2D eigenvalue weighted by Crippen LogP contribution is -2.63. The first-order valence-corrected chi connectivity index (χ1v) is 8.19. The van der Waals surface area contributed by atoms with Gasteiger partial charge in [0.2, 0.25) is 5.91 Å². The van der Waals surface area contributed by atoms with E-state index in [1.54, 1.807) is 13.1 Å². The zero-order chi connectivity index (χ0) is 15.3. The van der Waals surface area contributed by atoms with Crippen LogP contribution in [0.1, 0.15) is 13.8 Å². The number of hydrogen-bond acceptors (Lipinski definition) is 6. The summed E-state index contributed by atoms with van der Waals surface area (Å²) in [6.45, 7) is 3.46. The molecule has 1 amide bonds. The molecule has 4 atom stereocenters. The highest BCUT2D eigenvalue weighted by molar-refractivity contribution is 8.04. The number of carboxylic acid groups (broad SMARTS) is 1. The molecule has 1 saturated heterocycles. The molecule has 0 spiro atoms. The van der Waals surface area contributed by atoms with Gasteiger partial charge in [0.25, 0.3) is 0 Å². The molecule has 3 heterocycles. The lowest BCUT2D eigenvalue weighted by atomic mass is 9.79. The molecule has 21 heavy (non-hydrogen) atoms. The van der Waals surface area contributed by atoms with Gasteiger partial charge in [-0.2, -0.15) is 0 Å². The molecule has 0 saturated carbocycles. The Kier molecular flexibility index (Phi) is 3.54. The van der Waals surface area contributed by atoms with Gasteiger partial charge in [0.05, 0.1) is 18.1 Å². The standard InChI is InChI=1S/C13H14N2O4S2/c1-5-8-7(6(2)16)11(17)15(8)9(12(18)19)10(5)21-13-14-3-4-20-13/h3-8,16H,1-2H3,(H,18,19)/t5-,6?,7+,8+/m1/s1. The molecule has 1 aromatic rings. The molecule has 1 aromatic heterocycles. The fourth-order valence-electron chi connectivity index (χ4n) is 3.01. The van der Waals surface area contributed by atoms with E-state index >= 15 is 0 Å². The van der Waals surface area contributed by atoms with E-state index in [-0.39, 0.29) is 23.6 Å². The van der Waals surface area contributed by atoms with E-state index in [1.807, 2.05) is 12.3 Å². The summed E-state index contributed by atoms with van der Waals surface area (Å²) in [6, 6.07) is -0.272. The minimum Gasteiger partial charge on any atom is -0.477 e.